The Balaban J connectivity index is 2.32. The van der Waals surface area contributed by atoms with Crippen molar-refractivity contribution in [3.8, 4) is 5.88 Å². The predicted molar refractivity (Wildman–Crippen MR) is 63.3 cm³/mol. The Labute approximate surface area is 101 Å². The first kappa shape index (κ1) is 12.4. The molecule has 0 aliphatic carbocycles. The molecule has 1 saturated heterocycles. The summed E-state index contributed by atoms with van der Waals surface area (Å²) in [5.74, 6) is 0.559. The van der Waals surface area contributed by atoms with Gasteiger partial charge in [-0.1, -0.05) is 5.21 Å². The van der Waals surface area contributed by atoms with Gasteiger partial charge < -0.3 is 14.0 Å². The van der Waals surface area contributed by atoms with Crippen LogP contribution in [-0.4, -0.2) is 40.4 Å². The summed E-state index contributed by atoms with van der Waals surface area (Å²) >= 11 is 0. The number of nitrogens with zero attached hydrogens (tertiary/aromatic N) is 3. The van der Waals surface area contributed by atoms with Gasteiger partial charge in [0.2, 0.25) is 5.88 Å². The van der Waals surface area contributed by atoms with Gasteiger partial charge in [0.25, 0.3) is 0 Å². The van der Waals surface area contributed by atoms with Crippen molar-refractivity contribution < 1.29 is 14.0 Å². The monoisotopic (exact) mass is 239 g/mol. The Hall–Kier alpha value is -1.08. The van der Waals surface area contributed by atoms with Crippen LogP contribution < -0.4 is 10.3 Å². The third-order valence-electron chi connectivity index (χ3n) is 3.47. The minimum Gasteiger partial charge on any atom is -0.480 e. The lowest BCUT2D eigenvalue weighted by Gasteiger charge is -2.32. The molecular formula is C10H18BN3O3. The molecular weight excluding hydrogens is 221 g/mol. The van der Waals surface area contributed by atoms with Crippen molar-refractivity contribution in [2.24, 2.45) is 7.05 Å². The third-order valence-corrected chi connectivity index (χ3v) is 3.47. The summed E-state index contributed by atoms with van der Waals surface area (Å²) in [6.45, 7) is 7.98. The summed E-state index contributed by atoms with van der Waals surface area (Å²) < 4.78 is 18.6. The number of aryl methyl sites for hydroxylation is 1. The maximum absolute atomic E-state index is 5.89. The van der Waals surface area contributed by atoms with E-state index in [0.717, 1.165) is 0 Å². The van der Waals surface area contributed by atoms with E-state index < -0.39 is 7.12 Å². The van der Waals surface area contributed by atoms with Crippen molar-refractivity contribution in [3.05, 3.63) is 0 Å². The van der Waals surface area contributed by atoms with E-state index in [0.29, 0.717) is 11.5 Å². The average molecular weight is 239 g/mol. The second kappa shape index (κ2) is 3.71. The molecule has 7 heteroatoms. The van der Waals surface area contributed by atoms with Crippen LogP contribution in [0.1, 0.15) is 27.7 Å². The van der Waals surface area contributed by atoms with Gasteiger partial charge in [-0.05, 0) is 27.7 Å². The van der Waals surface area contributed by atoms with Crippen molar-refractivity contribution in [1.29, 1.82) is 0 Å². The van der Waals surface area contributed by atoms with Crippen molar-refractivity contribution in [2.75, 3.05) is 7.11 Å². The second-order valence-corrected chi connectivity index (χ2v) is 5.20. The average Bonchev–Trinajstić information content (AvgIpc) is 2.65. The van der Waals surface area contributed by atoms with Crippen LogP contribution in [0.15, 0.2) is 0 Å². The first-order chi connectivity index (χ1) is 7.78. The fourth-order valence-corrected chi connectivity index (χ4v) is 1.70. The Bertz CT molecular complexity index is 414. The Morgan fingerprint density at radius 2 is 1.71 bits per heavy atom. The zero-order valence-electron chi connectivity index (χ0n) is 11.1. The molecule has 17 heavy (non-hydrogen) atoms. The fraction of sp³-hybridized carbons (Fsp3) is 0.800. The largest absolute Gasteiger partial charge is 0.522 e. The maximum Gasteiger partial charge on any atom is 0.522 e. The van der Waals surface area contributed by atoms with E-state index in [1.54, 1.807) is 18.8 Å². The Kier molecular flexibility index (Phi) is 2.70. The van der Waals surface area contributed by atoms with Crippen LogP contribution in [0.3, 0.4) is 0 Å². The molecule has 0 aromatic carbocycles. The number of aromatic nitrogens is 3. The minimum atomic E-state index is -0.538. The zero-order valence-corrected chi connectivity index (χ0v) is 11.1. The number of hydrogen-bond donors (Lipinski definition) is 0. The zero-order chi connectivity index (χ0) is 12.8. The topological polar surface area (TPSA) is 58.4 Å². The van der Waals surface area contributed by atoms with Crippen LogP contribution in [0, 0.1) is 0 Å². The normalized spacial score (nSPS) is 21.9. The van der Waals surface area contributed by atoms with Crippen LogP contribution in [0.4, 0.5) is 0 Å². The van der Waals surface area contributed by atoms with Crippen LogP contribution >= 0.6 is 0 Å². The standard InChI is InChI=1S/C10H18BN3O3/c1-9(2)10(3,4)17-11(16-9)7-8(15-6)14(5)13-12-7/h1-6H3. The van der Waals surface area contributed by atoms with Crippen molar-refractivity contribution in [3.63, 3.8) is 0 Å². The highest BCUT2D eigenvalue weighted by molar-refractivity contribution is 6.62. The molecule has 0 N–H and O–H groups in total. The molecule has 1 aliphatic rings. The van der Waals surface area contributed by atoms with Crippen molar-refractivity contribution in [1.82, 2.24) is 15.0 Å². The maximum atomic E-state index is 5.89. The Morgan fingerprint density at radius 1 is 1.18 bits per heavy atom. The van der Waals surface area contributed by atoms with Gasteiger partial charge in [-0.3, -0.25) is 0 Å². The highest BCUT2D eigenvalue weighted by atomic mass is 16.7. The molecule has 0 saturated carbocycles. The molecule has 94 valence electrons. The molecule has 0 unspecified atom stereocenters. The van der Waals surface area contributed by atoms with Crippen molar-refractivity contribution >= 4 is 12.7 Å². The van der Waals surface area contributed by atoms with E-state index in [-0.39, 0.29) is 11.2 Å². The summed E-state index contributed by atoms with van der Waals surface area (Å²) in [5.41, 5.74) is -0.200. The van der Waals surface area contributed by atoms with Crippen LogP contribution in [0.25, 0.3) is 0 Å². The number of hydrogen-bond acceptors (Lipinski definition) is 5. The first-order valence-electron chi connectivity index (χ1n) is 5.58. The molecule has 2 heterocycles. The van der Waals surface area contributed by atoms with Crippen LogP contribution in [0.2, 0.25) is 0 Å². The number of methoxy groups -OCH3 is 1. The molecule has 1 aromatic heterocycles. The minimum absolute atomic E-state index is 0.389. The summed E-state index contributed by atoms with van der Waals surface area (Å²) in [6.07, 6.45) is 0. The van der Waals surface area contributed by atoms with Gasteiger partial charge in [-0.25, -0.2) is 4.68 Å². The van der Waals surface area contributed by atoms with E-state index in [1.807, 2.05) is 27.7 Å². The fourth-order valence-electron chi connectivity index (χ4n) is 1.70. The highest BCUT2D eigenvalue weighted by Gasteiger charge is 2.54. The van der Waals surface area contributed by atoms with Gasteiger partial charge in [0.05, 0.1) is 18.3 Å². The van der Waals surface area contributed by atoms with Gasteiger partial charge in [-0.15, -0.1) is 5.10 Å². The molecule has 1 fully saturated rings. The molecule has 6 nitrogen and oxygen atoms in total. The van der Waals surface area contributed by atoms with Crippen molar-refractivity contribution in [2.45, 2.75) is 38.9 Å². The summed E-state index contributed by atoms with van der Waals surface area (Å²) in [7, 11) is 2.80. The number of ether oxygens (including phenoxy) is 1. The lowest BCUT2D eigenvalue weighted by atomic mass is 9.85. The molecule has 0 atom stereocenters. The van der Waals surface area contributed by atoms with E-state index in [1.165, 1.54) is 0 Å². The second-order valence-electron chi connectivity index (χ2n) is 5.20. The van der Waals surface area contributed by atoms with Gasteiger partial charge in [0.1, 0.15) is 0 Å². The molecule has 0 radical (unpaired) electrons. The van der Waals surface area contributed by atoms with Gasteiger partial charge >= 0.3 is 7.12 Å². The lowest BCUT2D eigenvalue weighted by Crippen LogP contribution is -2.41. The SMILES string of the molecule is COc1c(B2OC(C)(C)C(C)(C)O2)nnn1C. The highest BCUT2D eigenvalue weighted by Crippen LogP contribution is 2.36. The third kappa shape index (κ3) is 1.83. The summed E-state index contributed by atoms with van der Waals surface area (Å²) in [5, 5.41) is 7.95. The molecule has 0 spiro atoms. The number of rotatable bonds is 2. The summed E-state index contributed by atoms with van der Waals surface area (Å²) in [6, 6.07) is 0. The predicted octanol–water partition coefficient (Wildman–Crippen LogP) is 0.123. The van der Waals surface area contributed by atoms with Crippen LogP contribution in [-0.2, 0) is 16.4 Å². The first-order valence-corrected chi connectivity index (χ1v) is 5.58. The van der Waals surface area contributed by atoms with Gasteiger partial charge in [0.15, 0.2) is 5.59 Å². The summed E-state index contributed by atoms with van der Waals surface area (Å²) in [4.78, 5) is 0. The van der Waals surface area contributed by atoms with Gasteiger partial charge in [-0.2, -0.15) is 0 Å². The molecule has 2 rings (SSSR count). The quantitative estimate of drug-likeness (QED) is 0.686. The van der Waals surface area contributed by atoms with E-state index >= 15 is 0 Å². The molecule has 0 amide bonds. The lowest BCUT2D eigenvalue weighted by molar-refractivity contribution is 0.00578. The molecule has 0 bridgehead atoms. The molecule has 1 aliphatic heterocycles. The smallest absolute Gasteiger partial charge is 0.480 e. The molecule has 1 aromatic rings. The van der Waals surface area contributed by atoms with E-state index in [4.69, 9.17) is 14.0 Å². The van der Waals surface area contributed by atoms with Crippen LogP contribution in [0.5, 0.6) is 5.88 Å². The van der Waals surface area contributed by atoms with E-state index in [2.05, 4.69) is 10.3 Å². The van der Waals surface area contributed by atoms with E-state index in [9.17, 15) is 0 Å². The Morgan fingerprint density at radius 3 is 2.18 bits per heavy atom. The van der Waals surface area contributed by atoms with Gasteiger partial charge in [0, 0.05) is 7.05 Å².